The second-order valence-corrected chi connectivity index (χ2v) is 6.09. The van der Waals surface area contributed by atoms with Crippen molar-refractivity contribution < 1.29 is 0 Å². The van der Waals surface area contributed by atoms with E-state index in [2.05, 4.69) is 46.7 Å². The van der Waals surface area contributed by atoms with Gasteiger partial charge in [0.05, 0.1) is 0 Å². The summed E-state index contributed by atoms with van der Waals surface area (Å²) in [5.41, 5.74) is 2.54. The van der Waals surface area contributed by atoms with Crippen LogP contribution in [-0.2, 0) is 12.8 Å². The lowest BCUT2D eigenvalue weighted by molar-refractivity contribution is 0.677. The molecule has 0 saturated heterocycles. The molecule has 1 fully saturated rings. The van der Waals surface area contributed by atoms with Crippen molar-refractivity contribution in [2.24, 2.45) is 0 Å². The summed E-state index contributed by atoms with van der Waals surface area (Å²) in [6.07, 6.45) is 4.74. The molecule has 1 aliphatic rings. The van der Waals surface area contributed by atoms with Crippen molar-refractivity contribution in [3.8, 4) is 10.6 Å². The molecule has 1 saturated carbocycles. The van der Waals surface area contributed by atoms with E-state index in [4.69, 9.17) is 0 Å². The van der Waals surface area contributed by atoms with Gasteiger partial charge in [-0.15, -0.1) is 10.2 Å². The molecule has 3 nitrogen and oxygen atoms in total. The lowest BCUT2D eigenvalue weighted by Gasteiger charge is -1.98. The molecule has 4 heteroatoms. The van der Waals surface area contributed by atoms with Crippen molar-refractivity contribution in [2.75, 3.05) is 6.54 Å². The molecule has 0 bridgehead atoms. The van der Waals surface area contributed by atoms with Crippen LogP contribution in [-0.4, -0.2) is 22.8 Å². The average Bonchev–Trinajstić information content (AvgIpc) is 3.15. The van der Waals surface area contributed by atoms with Gasteiger partial charge in [0.2, 0.25) is 0 Å². The van der Waals surface area contributed by atoms with Crippen LogP contribution in [0.5, 0.6) is 0 Å². The molecule has 19 heavy (non-hydrogen) atoms. The highest BCUT2D eigenvalue weighted by Gasteiger charge is 2.19. The standard InChI is InChI=1S/C15H19N3S/c1-2-11-3-5-12(6-4-11)15-18-17-14(19-15)9-10-16-13-7-8-13/h3-6,13,16H,2,7-10H2,1H3. The van der Waals surface area contributed by atoms with Gasteiger partial charge in [0.15, 0.2) is 0 Å². The maximum Gasteiger partial charge on any atom is 0.147 e. The van der Waals surface area contributed by atoms with E-state index in [-0.39, 0.29) is 0 Å². The molecule has 0 unspecified atom stereocenters. The Kier molecular flexibility index (Phi) is 3.89. The first-order valence-electron chi connectivity index (χ1n) is 7.00. The van der Waals surface area contributed by atoms with Crippen molar-refractivity contribution in [1.82, 2.24) is 15.5 Å². The van der Waals surface area contributed by atoms with Gasteiger partial charge in [-0.2, -0.15) is 0 Å². The molecule has 1 aromatic heterocycles. The van der Waals surface area contributed by atoms with Crippen molar-refractivity contribution in [1.29, 1.82) is 0 Å². The van der Waals surface area contributed by atoms with E-state index in [0.29, 0.717) is 0 Å². The maximum absolute atomic E-state index is 4.30. The monoisotopic (exact) mass is 273 g/mol. The minimum absolute atomic E-state index is 0.772. The van der Waals surface area contributed by atoms with Crippen LogP contribution in [0.2, 0.25) is 0 Å². The van der Waals surface area contributed by atoms with E-state index in [0.717, 1.165) is 35.4 Å². The predicted molar refractivity (Wildman–Crippen MR) is 79.5 cm³/mol. The number of hydrogen-bond acceptors (Lipinski definition) is 4. The number of rotatable bonds is 6. The van der Waals surface area contributed by atoms with Gasteiger partial charge >= 0.3 is 0 Å². The minimum Gasteiger partial charge on any atom is -0.314 e. The summed E-state index contributed by atoms with van der Waals surface area (Å²) in [7, 11) is 0. The molecule has 1 heterocycles. The number of hydrogen-bond donors (Lipinski definition) is 1. The number of nitrogens with zero attached hydrogens (tertiary/aromatic N) is 2. The first kappa shape index (κ1) is 12.8. The van der Waals surface area contributed by atoms with E-state index >= 15 is 0 Å². The fourth-order valence-corrected chi connectivity index (χ4v) is 2.87. The summed E-state index contributed by atoms with van der Waals surface area (Å²) in [6, 6.07) is 9.40. The van der Waals surface area contributed by atoms with Gasteiger partial charge in [0, 0.05) is 24.6 Å². The van der Waals surface area contributed by atoms with Gasteiger partial charge < -0.3 is 5.32 Å². The molecule has 0 radical (unpaired) electrons. The highest BCUT2D eigenvalue weighted by molar-refractivity contribution is 7.14. The van der Waals surface area contributed by atoms with Crippen molar-refractivity contribution >= 4 is 11.3 Å². The molecule has 3 rings (SSSR count). The van der Waals surface area contributed by atoms with Gasteiger partial charge in [0.1, 0.15) is 10.0 Å². The summed E-state index contributed by atoms with van der Waals surface area (Å²) in [6.45, 7) is 3.19. The van der Waals surface area contributed by atoms with Crippen LogP contribution < -0.4 is 5.32 Å². The Morgan fingerprint density at radius 2 is 2.00 bits per heavy atom. The van der Waals surface area contributed by atoms with Crippen LogP contribution in [0.4, 0.5) is 0 Å². The third-order valence-corrected chi connectivity index (χ3v) is 4.46. The summed E-state index contributed by atoms with van der Waals surface area (Å²) in [4.78, 5) is 0. The van der Waals surface area contributed by atoms with Crippen LogP contribution >= 0.6 is 11.3 Å². The average molecular weight is 273 g/mol. The summed E-state index contributed by atoms with van der Waals surface area (Å²) >= 11 is 1.71. The topological polar surface area (TPSA) is 37.8 Å². The molecule has 1 aromatic carbocycles. The lowest BCUT2D eigenvalue weighted by atomic mass is 10.1. The Balaban J connectivity index is 1.61. The van der Waals surface area contributed by atoms with E-state index < -0.39 is 0 Å². The molecule has 0 atom stereocenters. The Bertz CT molecular complexity index is 529. The second-order valence-electron chi connectivity index (χ2n) is 5.03. The summed E-state index contributed by atoms with van der Waals surface area (Å²) < 4.78 is 0. The Morgan fingerprint density at radius 3 is 2.68 bits per heavy atom. The summed E-state index contributed by atoms with van der Waals surface area (Å²) in [5, 5.41) is 14.2. The maximum atomic E-state index is 4.30. The second kappa shape index (κ2) is 5.80. The van der Waals surface area contributed by atoms with Crippen LogP contribution in [0, 0.1) is 0 Å². The zero-order chi connectivity index (χ0) is 13.1. The van der Waals surface area contributed by atoms with Gasteiger partial charge in [-0.25, -0.2) is 0 Å². The highest BCUT2D eigenvalue weighted by Crippen LogP contribution is 2.24. The fourth-order valence-electron chi connectivity index (χ4n) is 2.02. The predicted octanol–water partition coefficient (Wildman–Crippen LogP) is 3.06. The first-order chi connectivity index (χ1) is 9.35. The van der Waals surface area contributed by atoms with Gasteiger partial charge in [-0.3, -0.25) is 0 Å². The molecule has 1 aliphatic carbocycles. The van der Waals surface area contributed by atoms with Gasteiger partial charge in [-0.1, -0.05) is 42.5 Å². The van der Waals surface area contributed by atoms with E-state index in [9.17, 15) is 0 Å². The van der Waals surface area contributed by atoms with Crippen LogP contribution in [0.15, 0.2) is 24.3 Å². The summed E-state index contributed by atoms with van der Waals surface area (Å²) in [5.74, 6) is 0. The molecule has 0 aliphatic heterocycles. The van der Waals surface area contributed by atoms with Crippen LogP contribution in [0.3, 0.4) is 0 Å². The highest BCUT2D eigenvalue weighted by atomic mass is 32.1. The molecule has 0 spiro atoms. The fraction of sp³-hybridized carbons (Fsp3) is 0.467. The van der Waals surface area contributed by atoms with E-state index in [1.54, 1.807) is 11.3 Å². The van der Waals surface area contributed by atoms with E-state index in [1.807, 2.05) is 0 Å². The van der Waals surface area contributed by atoms with Crippen LogP contribution in [0.1, 0.15) is 30.3 Å². The third kappa shape index (κ3) is 3.39. The minimum atomic E-state index is 0.772. The number of aromatic nitrogens is 2. The Hall–Kier alpha value is -1.26. The normalized spacial score (nSPS) is 14.8. The molecular formula is C15H19N3S. The SMILES string of the molecule is CCc1ccc(-c2nnc(CCNC3CC3)s2)cc1. The number of benzene rings is 1. The van der Waals surface area contributed by atoms with Crippen molar-refractivity contribution in [3.05, 3.63) is 34.8 Å². The van der Waals surface area contributed by atoms with Crippen LogP contribution in [0.25, 0.3) is 10.6 Å². The zero-order valence-corrected chi connectivity index (χ0v) is 12.0. The zero-order valence-electron chi connectivity index (χ0n) is 11.2. The smallest absolute Gasteiger partial charge is 0.147 e. The van der Waals surface area contributed by atoms with Gasteiger partial charge in [0.25, 0.3) is 0 Å². The molecular weight excluding hydrogens is 254 g/mol. The third-order valence-electron chi connectivity index (χ3n) is 3.43. The quantitative estimate of drug-likeness (QED) is 0.879. The van der Waals surface area contributed by atoms with Crippen molar-refractivity contribution in [3.63, 3.8) is 0 Å². The van der Waals surface area contributed by atoms with Crippen molar-refractivity contribution in [2.45, 2.75) is 38.6 Å². The number of nitrogens with one attached hydrogen (secondary N) is 1. The molecule has 100 valence electrons. The van der Waals surface area contributed by atoms with E-state index in [1.165, 1.54) is 24.0 Å². The Morgan fingerprint density at radius 1 is 1.21 bits per heavy atom. The molecule has 0 amide bonds. The van der Waals surface area contributed by atoms with Gasteiger partial charge in [-0.05, 0) is 24.8 Å². The lowest BCUT2D eigenvalue weighted by Crippen LogP contribution is -2.19. The first-order valence-corrected chi connectivity index (χ1v) is 7.82. The Labute approximate surface area is 118 Å². The molecule has 2 aromatic rings. The number of aryl methyl sites for hydroxylation is 1. The molecule has 1 N–H and O–H groups in total. The largest absolute Gasteiger partial charge is 0.314 e.